The Kier molecular flexibility index (Phi) is 4.32. The summed E-state index contributed by atoms with van der Waals surface area (Å²) in [7, 11) is 2.03. The molecule has 0 atom stereocenters. The molecule has 3 nitrogen and oxygen atoms in total. The summed E-state index contributed by atoms with van der Waals surface area (Å²) < 4.78 is 9.00. The Balaban J connectivity index is 2.15. The van der Waals surface area contributed by atoms with E-state index in [0.717, 1.165) is 26.0 Å². The fourth-order valence-corrected chi connectivity index (χ4v) is 1.31. The number of unbranched alkanes of at least 4 members (excludes halogenated alkanes) is 1. The number of nitrogens with zero attached hydrogens (tertiary/aromatic N) is 2. The average Bonchev–Trinajstić information content (AvgIpc) is 2.45. The summed E-state index contributed by atoms with van der Waals surface area (Å²) in [4.78, 5) is 0. The van der Waals surface area contributed by atoms with Crippen LogP contribution < -0.4 is 4.57 Å². The van der Waals surface area contributed by atoms with Crippen molar-refractivity contribution in [3.05, 3.63) is 18.7 Å². The molecule has 0 aliphatic carbocycles. The highest BCUT2D eigenvalue weighted by atomic mass is 79.9. The van der Waals surface area contributed by atoms with Gasteiger partial charge in [-0.2, -0.15) is 0 Å². The van der Waals surface area contributed by atoms with Crippen molar-refractivity contribution in [1.29, 1.82) is 0 Å². The fraction of sp³-hybridized carbons (Fsp3) is 0.625. The van der Waals surface area contributed by atoms with Gasteiger partial charge in [0, 0.05) is 0 Å². The highest BCUT2D eigenvalue weighted by Crippen LogP contribution is 1.96. The molecule has 4 heteroatoms. The van der Waals surface area contributed by atoms with Crippen molar-refractivity contribution in [2.24, 2.45) is 7.05 Å². The minimum atomic E-state index is 0.785. The lowest BCUT2D eigenvalue weighted by Crippen LogP contribution is -2.23. The normalized spacial score (nSPS) is 10.5. The fourth-order valence-electron chi connectivity index (χ4n) is 1.08. The minimum absolute atomic E-state index is 0.785. The number of aryl methyl sites for hydroxylation is 2. The number of hydrogen-bond acceptors (Lipinski definition) is 1. The predicted molar refractivity (Wildman–Crippen MR) is 49.7 cm³/mol. The molecule has 0 saturated carbocycles. The standard InChI is InChI=1S/C8H14BrN2O/c1-10-5-6-11(8-10)4-2-3-7-12-9/h5-6,8H,2-4,7H2,1H3/q+1. The van der Waals surface area contributed by atoms with E-state index in [1.807, 2.05) is 17.8 Å². The van der Waals surface area contributed by atoms with Crippen LogP contribution in [0.25, 0.3) is 0 Å². The van der Waals surface area contributed by atoms with Gasteiger partial charge in [0.1, 0.15) is 12.4 Å². The van der Waals surface area contributed by atoms with E-state index in [-0.39, 0.29) is 0 Å². The third kappa shape index (κ3) is 3.36. The van der Waals surface area contributed by atoms with E-state index in [9.17, 15) is 0 Å². The smallest absolute Gasteiger partial charge is 0.243 e. The van der Waals surface area contributed by atoms with Gasteiger partial charge in [0.2, 0.25) is 6.33 Å². The van der Waals surface area contributed by atoms with Crippen LogP contribution in [0.15, 0.2) is 18.7 Å². The largest absolute Gasteiger partial charge is 0.308 e. The Morgan fingerprint density at radius 3 is 2.92 bits per heavy atom. The first-order valence-electron chi connectivity index (χ1n) is 4.07. The van der Waals surface area contributed by atoms with Crippen molar-refractivity contribution in [2.45, 2.75) is 19.4 Å². The first-order chi connectivity index (χ1) is 5.83. The molecule has 0 radical (unpaired) electrons. The van der Waals surface area contributed by atoms with Gasteiger partial charge in [0.15, 0.2) is 0 Å². The minimum Gasteiger partial charge on any atom is -0.308 e. The van der Waals surface area contributed by atoms with Crippen LogP contribution in [0.3, 0.4) is 0 Å². The van der Waals surface area contributed by atoms with Crippen LogP contribution in [-0.2, 0) is 17.4 Å². The number of halogens is 1. The molecule has 0 aromatic carbocycles. The summed E-state index contributed by atoms with van der Waals surface area (Å²) in [6.07, 6.45) is 8.44. The molecular formula is C8H14BrN2O+. The van der Waals surface area contributed by atoms with Crippen LogP contribution in [0.2, 0.25) is 0 Å². The lowest BCUT2D eigenvalue weighted by molar-refractivity contribution is -0.671. The van der Waals surface area contributed by atoms with Gasteiger partial charge in [-0.05, 0) is 12.8 Å². The van der Waals surface area contributed by atoms with Gasteiger partial charge in [0.25, 0.3) is 0 Å². The van der Waals surface area contributed by atoms with Gasteiger partial charge in [-0.15, -0.1) is 0 Å². The molecule has 1 rings (SSSR count). The third-order valence-electron chi connectivity index (χ3n) is 1.71. The zero-order valence-electron chi connectivity index (χ0n) is 7.24. The topological polar surface area (TPSA) is 18.0 Å². The Morgan fingerprint density at radius 1 is 1.50 bits per heavy atom. The summed E-state index contributed by atoms with van der Waals surface area (Å²) in [5, 5.41) is 0. The average molecular weight is 234 g/mol. The summed E-state index contributed by atoms with van der Waals surface area (Å²) >= 11 is 2.93. The number of aromatic nitrogens is 2. The van der Waals surface area contributed by atoms with E-state index in [1.165, 1.54) is 0 Å². The van der Waals surface area contributed by atoms with Crippen molar-refractivity contribution < 1.29 is 8.40 Å². The molecule has 68 valence electrons. The van der Waals surface area contributed by atoms with E-state index in [1.54, 1.807) is 0 Å². The second kappa shape index (κ2) is 5.32. The molecule has 0 bridgehead atoms. The summed E-state index contributed by atoms with van der Waals surface area (Å²) in [5.41, 5.74) is 0. The molecule has 1 aromatic rings. The van der Waals surface area contributed by atoms with Gasteiger partial charge in [-0.3, -0.25) is 0 Å². The summed E-state index contributed by atoms with van der Waals surface area (Å²) in [6.45, 7) is 1.85. The molecule has 0 fully saturated rings. The molecule has 0 N–H and O–H groups in total. The number of rotatable bonds is 5. The van der Waals surface area contributed by atoms with Gasteiger partial charge >= 0.3 is 0 Å². The first kappa shape index (κ1) is 9.74. The lowest BCUT2D eigenvalue weighted by atomic mass is 10.3. The van der Waals surface area contributed by atoms with Crippen molar-refractivity contribution in [3.8, 4) is 0 Å². The van der Waals surface area contributed by atoms with E-state index in [4.69, 9.17) is 3.83 Å². The summed E-state index contributed by atoms with van der Waals surface area (Å²) in [6, 6.07) is 0. The number of hydrogen-bond donors (Lipinski definition) is 0. The van der Waals surface area contributed by atoms with Crippen molar-refractivity contribution in [2.75, 3.05) is 6.61 Å². The van der Waals surface area contributed by atoms with E-state index < -0.39 is 0 Å². The van der Waals surface area contributed by atoms with Crippen LogP contribution >= 0.6 is 16.3 Å². The van der Waals surface area contributed by atoms with Crippen molar-refractivity contribution >= 4 is 16.3 Å². The molecule has 12 heavy (non-hydrogen) atoms. The van der Waals surface area contributed by atoms with Crippen molar-refractivity contribution in [3.63, 3.8) is 0 Å². The third-order valence-corrected chi connectivity index (χ3v) is 2.04. The molecule has 0 aliphatic heterocycles. The first-order valence-corrected chi connectivity index (χ1v) is 4.72. The SMILES string of the molecule is C[n+]1ccn(CCCCOBr)c1. The maximum absolute atomic E-state index is 4.78. The molecule has 1 heterocycles. The monoisotopic (exact) mass is 233 g/mol. The van der Waals surface area contributed by atoms with Crippen LogP contribution in [0, 0.1) is 0 Å². The molecule has 0 unspecified atom stereocenters. The number of imidazole rings is 1. The van der Waals surface area contributed by atoms with Crippen LogP contribution in [0.1, 0.15) is 12.8 Å². The molecule has 0 spiro atoms. The van der Waals surface area contributed by atoms with Crippen LogP contribution in [0.5, 0.6) is 0 Å². The van der Waals surface area contributed by atoms with E-state index >= 15 is 0 Å². The predicted octanol–water partition coefficient (Wildman–Crippen LogP) is 1.42. The zero-order valence-corrected chi connectivity index (χ0v) is 8.83. The Labute approximate surface area is 81.4 Å². The maximum atomic E-state index is 4.78. The molecule has 1 aromatic heterocycles. The molecule has 0 amide bonds. The van der Waals surface area contributed by atoms with E-state index in [0.29, 0.717) is 0 Å². The second-order valence-electron chi connectivity index (χ2n) is 2.84. The lowest BCUT2D eigenvalue weighted by Gasteiger charge is -1.95. The summed E-state index contributed by atoms with van der Waals surface area (Å²) in [5.74, 6) is 0. The highest BCUT2D eigenvalue weighted by molar-refractivity contribution is 9.06. The van der Waals surface area contributed by atoms with Gasteiger partial charge in [0.05, 0.1) is 36.5 Å². The quantitative estimate of drug-likeness (QED) is 0.556. The van der Waals surface area contributed by atoms with Gasteiger partial charge in [-0.25, -0.2) is 9.13 Å². The maximum Gasteiger partial charge on any atom is 0.243 e. The molecule has 0 saturated heterocycles. The molecule has 0 aliphatic rings. The zero-order chi connectivity index (χ0) is 8.81. The molecular weight excluding hydrogens is 220 g/mol. The van der Waals surface area contributed by atoms with Crippen LogP contribution in [0.4, 0.5) is 0 Å². The Hall–Kier alpha value is -0.350. The van der Waals surface area contributed by atoms with Crippen LogP contribution in [-0.4, -0.2) is 11.2 Å². The van der Waals surface area contributed by atoms with Gasteiger partial charge < -0.3 is 3.83 Å². The van der Waals surface area contributed by atoms with Crippen molar-refractivity contribution in [1.82, 2.24) is 4.57 Å². The van der Waals surface area contributed by atoms with Gasteiger partial charge in [-0.1, -0.05) is 0 Å². The Bertz CT molecular complexity index is 225. The second-order valence-corrected chi connectivity index (χ2v) is 3.30. The van der Waals surface area contributed by atoms with E-state index in [2.05, 4.69) is 33.3 Å². The highest BCUT2D eigenvalue weighted by Gasteiger charge is 1.98. The Morgan fingerprint density at radius 2 is 2.33 bits per heavy atom.